The first-order chi connectivity index (χ1) is 22.9. The molecule has 0 amide bonds. The molecule has 0 spiro atoms. The minimum Gasteiger partial charge on any atom is -0.492 e. The first-order valence-corrected chi connectivity index (χ1v) is 15.9. The van der Waals surface area contributed by atoms with Crippen LogP contribution in [0.15, 0.2) is 67.1 Å². The molecule has 0 aliphatic carbocycles. The van der Waals surface area contributed by atoms with Crippen molar-refractivity contribution in [2.24, 2.45) is 0 Å². The van der Waals surface area contributed by atoms with Crippen molar-refractivity contribution in [1.29, 1.82) is 0 Å². The van der Waals surface area contributed by atoms with E-state index < -0.39 is 5.92 Å². The topological polar surface area (TPSA) is 98.8 Å². The summed E-state index contributed by atoms with van der Waals surface area (Å²) in [5, 5.41) is 8.49. The van der Waals surface area contributed by atoms with Crippen LogP contribution in [-0.4, -0.2) is 85.2 Å². The van der Waals surface area contributed by atoms with Gasteiger partial charge in [0.25, 0.3) is 5.92 Å². The second-order valence-electron chi connectivity index (χ2n) is 12.4. The van der Waals surface area contributed by atoms with Gasteiger partial charge in [-0.15, -0.1) is 0 Å². The van der Waals surface area contributed by atoms with Crippen molar-refractivity contribution in [1.82, 2.24) is 39.9 Å². The molecule has 2 saturated heterocycles. The summed E-state index contributed by atoms with van der Waals surface area (Å²) >= 11 is 0. The van der Waals surface area contributed by atoms with E-state index in [1.165, 1.54) is 25.0 Å². The van der Waals surface area contributed by atoms with Crippen molar-refractivity contribution < 1.29 is 17.9 Å². The number of nitrogens with one attached hydrogen (secondary N) is 2. The van der Waals surface area contributed by atoms with Gasteiger partial charge in [-0.2, -0.15) is 5.10 Å². The van der Waals surface area contributed by atoms with E-state index in [2.05, 4.69) is 30.0 Å². The van der Waals surface area contributed by atoms with Crippen LogP contribution in [0, 0.1) is 5.82 Å². The highest BCUT2D eigenvalue weighted by molar-refractivity contribution is 5.97. The molecule has 4 aromatic heterocycles. The number of aromatic amines is 2. The molecule has 0 saturated carbocycles. The molecule has 6 aromatic rings. The third-order valence-electron chi connectivity index (χ3n) is 9.02. The molecule has 0 atom stereocenters. The third kappa shape index (κ3) is 6.18. The van der Waals surface area contributed by atoms with Gasteiger partial charge in [0, 0.05) is 67.2 Å². The Hall–Kier alpha value is -4.81. The molecule has 6 heterocycles. The maximum atomic E-state index is 14.8. The van der Waals surface area contributed by atoms with E-state index in [1.807, 2.05) is 36.4 Å². The largest absolute Gasteiger partial charge is 0.492 e. The zero-order valence-corrected chi connectivity index (χ0v) is 25.6. The Balaban J connectivity index is 1.08. The summed E-state index contributed by atoms with van der Waals surface area (Å²) in [6.45, 7) is 4.02. The molecular weight excluding hydrogens is 605 g/mol. The van der Waals surface area contributed by atoms with Crippen LogP contribution in [0.5, 0.6) is 5.75 Å². The minimum atomic E-state index is -2.64. The van der Waals surface area contributed by atoms with Gasteiger partial charge in [0.2, 0.25) is 0 Å². The predicted molar refractivity (Wildman–Crippen MR) is 174 cm³/mol. The number of hydrogen-bond donors (Lipinski definition) is 2. The zero-order chi connectivity index (χ0) is 32.0. The number of pyridine rings is 2. The molecule has 0 radical (unpaired) electrons. The monoisotopic (exact) mass is 638 g/mol. The molecule has 2 fully saturated rings. The van der Waals surface area contributed by atoms with Gasteiger partial charge < -0.3 is 9.72 Å². The van der Waals surface area contributed by atoms with Crippen molar-refractivity contribution in [2.75, 3.05) is 39.3 Å². The Morgan fingerprint density at radius 2 is 1.81 bits per heavy atom. The average molecular weight is 639 g/mol. The molecular formula is C35H33F3N8O. The van der Waals surface area contributed by atoms with Gasteiger partial charge >= 0.3 is 0 Å². The number of aromatic nitrogens is 6. The summed E-state index contributed by atoms with van der Waals surface area (Å²) in [6.07, 6.45) is 7.45. The number of likely N-dealkylation sites (tertiary alicyclic amines) is 2. The molecule has 9 nitrogen and oxygen atoms in total. The summed E-state index contributed by atoms with van der Waals surface area (Å²) in [6, 6.07) is 14.5. The minimum absolute atomic E-state index is 0.116. The number of imidazole rings is 1. The first-order valence-electron chi connectivity index (χ1n) is 15.9. The quantitative estimate of drug-likeness (QED) is 0.182. The van der Waals surface area contributed by atoms with Gasteiger partial charge in [-0.05, 0) is 79.0 Å². The second kappa shape index (κ2) is 12.1. The molecule has 12 heteroatoms. The van der Waals surface area contributed by atoms with E-state index in [-0.39, 0.29) is 18.8 Å². The first kappa shape index (κ1) is 29.6. The van der Waals surface area contributed by atoms with E-state index in [4.69, 9.17) is 9.72 Å². The normalized spacial score (nSPS) is 16.9. The number of rotatable bonds is 9. The molecule has 0 unspecified atom stereocenters. The molecule has 240 valence electrons. The predicted octanol–water partition coefficient (Wildman–Crippen LogP) is 6.68. The highest BCUT2D eigenvalue weighted by Crippen LogP contribution is 2.34. The lowest BCUT2D eigenvalue weighted by atomic mass is 10.0. The van der Waals surface area contributed by atoms with Crippen LogP contribution in [-0.2, 0) is 6.54 Å². The lowest BCUT2D eigenvalue weighted by molar-refractivity contribution is 0.0115. The number of fused-ring (bicyclic) bond motifs is 2. The standard InChI is InChI=1S/C35H33F3N8O/c36-26-14-24(15-27(17-26)47-12-11-45-8-1-2-9-45)28-5-7-40-33-31(28)41-34(42-33)32-29-16-23(3-4-30(29)43-44-32)25-13-22(18-39-19-25)20-46-10-6-35(37,38)21-46/h3-5,7,13-19H,1-2,6,8-12,20-21H2,(H,43,44)(H,40,41,42). The number of benzene rings is 2. The number of H-pyrrole nitrogens is 2. The van der Waals surface area contributed by atoms with Crippen molar-refractivity contribution in [3.63, 3.8) is 0 Å². The van der Waals surface area contributed by atoms with Crippen LogP contribution in [0.25, 0.3) is 55.8 Å². The SMILES string of the molecule is Fc1cc(OCCN2CCCC2)cc(-c2ccnc3nc(-c4n[nH]c5ccc(-c6cncc(CN7CCC(F)(F)C7)c6)cc45)[nH]c23)c1. The number of nitrogens with zero attached hydrogens (tertiary/aromatic N) is 6. The van der Waals surface area contributed by atoms with Crippen LogP contribution in [0.3, 0.4) is 0 Å². The summed E-state index contributed by atoms with van der Waals surface area (Å²) in [7, 11) is 0. The molecule has 2 aromatic carbocycles. The number of alkyl halides is 2. The fraction of sp³-hybridized carbons (Fsp3) is 0.314. The van der Waals surface area contributed by atoms with Gasteiger partial charge in [-0.3, -0.25) is 19.9 Å². The fourth-order valence-electron chi connectivity index (χ4n) is 6.67. The third-order valence-corrected chi connectivity index (χ3v) is 9.02. The average Bonchev–Trinajstić information content (AvgIpc) is 3.87. The lowest BCUT2D eigenvalue weighted by Crippen LogP contribution is -2.25. The number of ether oxygens (including phenoxy) is 1. The highest BCUT2D eigenvalue weighted by Gasteiger charge is 2.38. The summed E-state index contributed by atoms with van der Waals surface area (Å²) < 4.78 is 48.2. The van der Waals surface area contributed by atoms with Crippen molar-refractivity contribution in [3.8, 4) is 39.5 Å². The Morgan fingerprint density at radius 3 is 2.66 bits per heavy atom. The van der Waals surface area contributed by atoms with Crippen molar-refractivity contribution in [2.45, 2.75) is 31.7 Å². The Labute approximate surface area is 268 Å². The molecule has 47 heavy (non-hydrogen) atoms. The maximum Gasteiger partial charge on any atom is 0.261 e. The number of hydrogen-bond acceptors (Lipinski definition) is 7. The summed E-state index contributed by atoms with van der Waals surface area (Å²) in [5.74, 6) is -2.02. The highest BCUT2D eigenvalue weighted by atomic mass is 19.3. The smallest absolute Gasteiger partial charge is 0.261 e. The Bertz CT molecular complexity index is 2070. The second-order valence-corrected chi connectivity index (χ2v) is 12.4. The van der Waals surface area contributed by atoms with Crippen LogP contribution >= 0.6 is 0 Å². The van der Waals surface area contributed by atoms with E-state index in [0.29, 0.717) is 53.7 Å². The van der Waals surface area contributed by atoms with Crippen LogP contribution in [0.4, 0.5) is 13.2 Å². The van der Waals surface area contributed by atoms with E-state index in [0.717, 1.165) is 52.8 Å². The Kier molecular flexibility index (Phi) is 7.61. The molecule has 0 bridgehead atoms. The lowest BCUT2D eigenvalue weighted by Gasteiger charge is -2.15. The van der Waals surface area contributed by atoms with Crippen LogP contribution in [0.1, 0.15) is 24.8 Å². The van der Waals surface area contributed by atoms with Gasteiger partial charge in [0.1, 0.15) is 23.9 Å². The molecule has 8 rings (SSSR count). The Morgan fingerprint density at radius 1 is 0.915 bits per heavy atom. The number of halogens is 3. The van der Waals surface area contributed by atoms with Crippen LogP contribution < -0.4 is 4.74 Å². The fourth-order valence-corrected chi connectivity index (χ4v) is 6.67. The van der Waals surface area contributed by atoms with Crippen LogP contribution in [0.2, 0.25) is 0 Å². The summed E-state index contributed by atoms with van der Waals surface area (Å²) in [4.78, 5) is 21.1. The molecule has 2 aliphatic rings. The molecule has 2 aliphatic heterocycles. The summed E-state index contributed by atoms with van der Waals surface area (Å²) in [5.41, 5.74) is 6.64. The van der Waals surface area contributed by atoms with Crippen molar-refractivity contribution >= 4 is 22.1 Å². The zero-order valence-electron chi connectivity index (χ0n) is 25.6. The maximum absolute atomic E-state index is 14.8. The van der Waals surface area contributed by atoms with Crippen molar-refractivity contribution in [3.05, 3.63) is 78.5 Å². The van der Waals surface area contributed by atoms with Gasteiger partial charge in [-0.1, -0.05) is 6.07 Å². The van der Waals surface area contributed by atoms with Gasteiger partial charge in [-0.25, -0.2) is 23.1 Å². The molecule has 2 N–H and O–H groups in total. The van der Waals surface area contributed by atoms with Gasteiger partial charge in [0.15, 0.2) is 11.5 Å². The van der Waals surface area contributed by atoms with E-state index in [1.54, 1.807) is 23.5 Å². The van der Waals surface area contributed by atoms with E-state index >= 15 is 0 Å². The van der Waals surface area contributed by atoms with E-state index in [9.17, 15) is 13.2 Å². The van der Waals surface area contributed by atoms with Gasteiger partial charge in [0.05, 0.1) is 17.6 Å².